The van der Waals surface area contributed by atoms with Crippen molar-refractivity contribution in [2.75, 3.05) is 5.73 Å². The van der Waals surface area contributed by atoms with Gasteiger partial charge >= 0.3 is 6.18 Å². The van der Waals surface area contributed by atoms with Gasteiger partial charge in [0.1, 0.15) is 0 Å². The van der Waals surface area contributed by atoms with Gasteiger partial charge in [-0.3, -0.25) is 0 Å². The van der Waals surface area contributed by atoms with Gasteiger partial charge in [0.25, 0.3) is 0 Å². The molecule has 3 nitrogen and oxygen atoms in total. The lowest BCUT2D eigenvalue weighted by molar-refractivity contribution is -0.137. The molecule has 0 bridgehead atoms. The van der Waals surface area contributed by atoms with E-state index >= 15 is 0 Å². The number of hydrogen-bond acceptors (Lipinski definition) is 3. The maximum atomic E-state index is 12.6. The molecule has 0 spiro atoms. The van der Waals surface area contributed by atoms with E-state index < -0.39 is 11.7 Å². The smallest absolute Gasteiger partial charge is 0.398 e. The van der Waals surface area contributed by atoms with Crippen LogP contribution in [0.15, 0.2) is 40.6 Å². The number of aromatic nitrogens is 2. The molecule has 0 aliphatic carbocycles. The minimum Gasteiger partial charge on any atom is -0.398 e. The molecule has 0 aliphatic heterocycles. The first-order valence-electron chi connectivity index (χ1n) is 4.61. The zero-order valence-electron chi connectivity index (χ0n) is 8.45. The first kappa shape index (κ1) is 11.8. The van der Waals surface area contributed by atoms with Gasteiger partial charge in [-0.15, -0.1) is 0 Å². The fourth-order valence-corrected chi connectivity index (χ4v) is 2.04. The average Bonchev–Trinajstić information content (AvgIpc) is 2.72. The Morgan fingerprint density at radius 1 is 1.29 bits per heavy atom. The summed E-state index contributed by atoms with van der Waals surface area (Å²) in [5.74, 6) is 0. The van der Waals surface area contributed by atoms with Crippen LogP contribution in [0.3, 0.4) is 0 Å². The van der Waals surface area contributed by atoms with Gasteiger partial charge < -0.3 is 10.7 Å². The van der Waals surface area contributed by atoms with E-state index in [2.05, 4.69) is 9.97 Å². The van der Waals surface area contributed by atoms with Gasteiger partial charge in [0, 0.05) is 23.0 Å². The Hall–Kier alpha value is -1.63. The van der Waals surface area contributed by atoms with Crippen LogP contribution < -0.4 is 5.73 Å². The summed E-state index contributed by atoms with van der Waals surface area (Å²) in [6, 6.07) is 3.79. The van der Waals surface area contributed by atoms with Crippen molar-refractivity contribution in [3.63, 3.8) is 0 Å². The number of rotatable bonds is 2. The summed E-state index contributed by atoms with van der Waals surface area (Å²) >= 11 is 1.11. The second kappa shape index (κ2) is 4.33. The molecule has 0 saturated heterocycles. The predicted molar refractivity (Wildman–Crippen MR) is 58.6 cm³/mol. The number of nitrogens with zero attached hydrogens (tertiary/aromatic N) is 1. The maximum Gasteiger partial charge on any atom is 0.418 e. The van der Waals surface area contributed by atoms with E-state index in [1.807, 2.05) is 0 Å². The third kappa shape index (κ3) is 2.73. The Balaban J connectivity index is 2.31. The van der Waals surface area contributed by atoms with Gasteiger partial charge in [-0.25, -0.2) is 4.98 Å². The van der Waals surface area contributed by atoms with Crippen molar-refractivity contribution in [2.24, 2.45) is 0 Å². The Kier molecular flexibility index (Phi) is 3.01. The molecule has 0 saturated carbocycles. The van der Waals surface area contributed by atoms with Crippen molar-refractivity contribution in [3.8, 4) is 0 Å². The third-order valence-corrected chi connectivity index (χ3v) is 2.92. The normalized spacial score (nSPS) is 11.7. The molecular formula is C10H8F3N3S. The summed E-state index contributed by atoms with van der Waals surface area (Å²) in [5.41, 5.74) is 4.19. The molecule has 0 atom stereocenters. The van der Waals surface area contributed by atoms with Crippen LogP contribution in [0, 0.1) is 0 Å². The van der Waals surface area contributed by atoms with Crippen LogP contribution in [0.25, 0.3) is 0 Å². The highest BCUT2D eigenvalue weighted by Crippen LogP contribution is 2.36. The van der Waals surface area contributed by atoms with E-state index in [0.29, 0.717) is 10.1 Å². The number of alkyl halides is 3. The van der Waals surface area contributed by atoms with Crippen LogP contribution >= 0.6 is 11.8 Å². The van der Waals surface area contributed by atoms with Crippen LogP contribution in [0.2, 0.25) is 0 Å². The lowest BCUT2D eigenvalue weighted by Gasteiger charge is -2.10. The third-order valence-electron chi connectivity index (χ3n) is 2.02. The quantitative estimate of drug-likeness (QED) is 0.814. The first-order valence-corrected chi connectivity index (χ1v) is 5.42. The number of imidazole rings is 1. The maximum absolute atomic E-state index is 12.6. The van der Waals surface area contributed by atoms with Crippen LogP contribution in [-0.2, 0) is 6.18 Å². The number of nitrogen functional groups attached to an aromatic ring is 1. The van der Waals surface area contributed by atoms with Gasteiger partial charge in [0.15, 0.2) is 5.16 Å². The molecule has 7 heteroatoms. The lowest BCUT2D eigenvalue weighted by atomic mass is 10.2. The molecule has 1 aromatic carbocycles. The molecule has 0 aliphatic rings. The molecule has 17 heavy (non-hydrogen) atoms. The van der Waals surface area contributed by atoms with Crippen molar-refractivity contribution in [2.45, 2.75) is 16.2 Å². The van der Waals surface area contributed by atoms with E-state index in [-0.39, 0.29) is 5.69 Å². The zero-order valence-corrected chi connectivity index (χ0v) is 9.27. The summed E-state index contributed by atoms with van der Waals surface area (Å²) in [4.78, 5) is 7.15. The summed E-state index contributed by atoms with van der Waals surface area (Å²) in [6.07, 6.45) is -1.31. The molecule has 2 rings (SSSR count). The zero-order chi connectivity index (χ0) is 12.5. The molecular weight excluding hydrogens is 251 g/mol. The Morgan fingerprint density at radius 3 is 2.65 bits per heavy atom. The topological polar surface area (TPSA) is 54.7 Å². The summed E-state index contributed by atoms with van der Waals surface area (Å²) in [7, 11) is 0. The second-order valence-corrected chi connectivity index (χ2v) is 4.31. The van der Waals surface area contributed by atoms with Crippen molar-refractivity contribution in [1.82, 2.24) is 9.97 Å². The van der Waals surface area contributed by atoms with Crippen LogP contribution in [0.1, 0.15) is 5.56 Å². The molecule has 0 unspecified atom stereocenters. The van der Waals surface area contributed by atoms with E-state index in [1.54, 1.807) is 6.20 Å². The van der Waals surface area contributed by atoms with E-state index in [9.17, 15) is 13.2 Å². The number of H-pyrrole nitrogens is 1. The summed E-state index contributed by atoms with van der Waals surface area (Å²) in [5, 5.41) is 0.530. The molecule has 0 amide bonds. The number of halogens is 3. The van der Waals surface area contributed by atoms with E-state index in [0.717, 1.165) is 17.8 Å². The van der Waals surface area contributed by atoms with Gasteiger partial charge in [0.2, 0.25) is 0 Å². The lowest BCUT2D eigenvalue weighted by Crippen LogP contribution is -2.08. The fourth-order valence-electron chi connectivity index (χ4n) is 1.26. The number of nitrogens with one attached hydrogen (secondary N) is 1. The number of hydrogen-bond donors (Lipinski definition) is 2. The number of nitrogens with two attached hydrogens (primary N) is 1. The highest BCUT2D eigenvalue weighted by Gasteiger charge is 2.33. The minimum atomic E-state index is -4.44. The first-order chi connectivity index (χ1) is 7.97. The molecule has 1 aromatic heterocycles. The molecule has 2 aromatic rings. The summed E-state index contributed by atoms with van der Waals surface area (Å²) < 4.78 is 37.8. The summed E-state index contributed by atoms with van der Waals surface area (Å²) in [6.45, 7) is 0. The molecule has 0 radical (unpaired) electrons. The number of benzene rings is 1. The van der Waals surface area contributed by atoms with Crippen molar-refractivity contribution in [1.29, 1.82) is 0 Å². The van der Waals surface area contributed by atoms with Crippen molar-refractivity contribution >= 4 is 17.4 Å². The van der Waals surface area contributed by atoms with Gasteiger partial charge in [-0.05, 0) is 18.2 Å². The SMILES string of the molecule is Nc1ccc(Sc2ncc[nH]2)cc1C(F)(F)F. The largest absolute Gasteiger partial charge is 0.418 e. The van der Waals surface area contributed by atoms with Gasteiger partial charge in [0.05, 0.1) is 5.56 Å². The fraction of sp³-hybridized carbons (Fsp3) is 0.100. The van der Waals surface area contributed by atoms with E-state index in [4.69, 9.17) is 5.73 Å². The molecule has 3 N–H and O–H groups in total. The second-order valence-electron chi connectivity index (χ2n) is 3.24. The van der Waals surface area contributed by atoms with Crippen LogP contribution in [-0.4, -0.2) is 9.97 Å². The molecule has 1 heterocycles. The van der Waals surface area contributed by atoms with Crippen molar-refractivity contribution < 1.29 is 13.2 Å². The standard InChI is InChI=1S/C10H8F3N3S/c11-10(12,13)7-5-6(1-2-8(7)14)17-9-15-3-4-16-9/h1-5H,14H2,(H,15,16). The molecule has 0 fully saturated rings. The number of aromatic amines is 1. The van der Waals surface area contributed by atoms with Gasteiger partial charge in [-0.2, -0.15) is 13.2 Å². The Labute approximate surface area is 99.2 Å². The van der Waals surface area contributed by atoms with Gasteiger partial charge in [-0.1, -0.05) is 11.8 Å². The highest BCUT2D eigenvalue weighted by molar-refractivity contribution is 7.99. The Bertz CT molecular complexity index is 508. The van der Waals surface area contributed by atoms with Crippen LogP contribution in [0.4, 0.5) is 18.9 Å². The minimum absolute atomic E-state index is 0.277. The van der Waals surface area contributed by atoms with Crippen molar-refractivity contribution in [3.05, 3.63) is 36.2 Å². The van der Waals surface area contributed by atoms with Crippen LogP contribution in [0.5, 0.6) is 0 Å². The van der Waals surface area contributed by atoms with E-state index in [1.165, 1.54) is 18.3 Å². The molecule has 90 valence electrons. The monoisotopic (exact) mass is 259 g/mol. The highest BCUT2D eigenvalue weighted by atomic mass is 32.2. The number of anilines is 1. The predicted octanol–water partition coefficient (Wildman–Crippen LogP) is 3.16. The average molecular weight is 259 g/mol. The Morgan fingerprint density at radius 2 is 2.06 bits per heavy atom.